The van der Waals surface area contributed by atoms with Crippen molar-refractivity contribution in [2.24, 2.45) is 0 Å². The molecule has 7 nitrogen and oxygen atoms in total. The van der Waals surface area contributed by atoms with Gasteiger partial charge in [-0.1, -0.05) is 42.5 Å². The summed E-state index contributed by atoms with van der Waals surface area (Å²) in [4.78, 5) is 2.33. The number of methoxy groups -OCH3 is 1. The Kier molecular flexibility index (Phi) is 7.09. The van der Waals surface area contributed by atoms with Crippen molar-refractivity contribution in [3.63, 3.8) is 0 Å². The van der Waals surface area contributed by atoms with Crippen LogP contribution in [-0.2, 0) is 19.5 Å². The van der Waals surface area contributed by atoms with E-state index in [0.29, 0.717) is 18.1 Å². The Labute approximate surface area is 203 Å². The maximum absolute atomic E-state index is 13.4. The molecule has 0 spiro atoms. The summed E-state index contributed by atoms with van der Waals surface area (Å²) in [6.07, 6.45) is 0.918. The van der Waals surface area contributed by atoms with Crippen molar-refractivity contribution in [1.29, 1.82) is 0 Å². The lowest BCUT2D eigenvalue weighted by Gasteiger charge is -2.35. The first-order chi connectivity index (χ1) is 16.1. The molecule has 1 N–H and O–H groups in total. The molecule has 0 saturated heterocycles. The molecule has 0 saturated carbocycles. The summed E-state index contributed by atoms with van der Waals surface area (Å²) >= 11 is 0. The van der Waals surface area contributed by atoms with Crippen molar-refractivity contribution >= 4 is 12.4 Å². The molecule has 3 aromatic carbocycles. The fourth-order valence-corrected chi connectivity index (χ4v) is 4.41. The number of phenolic OH excluding ortho intramolecular Hbond substituents is 1. The third-order valence-corrected chi connectivity index (χ3v) is 6.09. The van der Waals surface area contributed by atoms with Crippen molar-refractivity contribution in [3.8, 4) is 11.5 Å². The van der Waals surface area contributed by atoms with Crippen LogP contribution in [-0.4, -0.2) is 43.9 Å². The Morgan fingerprint density at radius 1 is 1.06 bits per heavy atom. The summed E-state index contributed by atoms with van der Waals surface area (Å²) in [5, 5.41) is 22.7. The van der Waals surface area contributed by atoms with E-state index in [1.807, 2.05) is 12.1 Å². The number of hydrogen-bond donors (Lipinski definition) is 1. The van der Waals surface area contributed by atoms with E-state index in [-0.39, 0.29) is 30.0 Å². The number of halogens is 2. The van der Waals surface area contributed by atoms with Crippen LogP contribution in [0.2, 0.25) is 0 Å². The number of fused-ring (bicyclic) bond motifs is 1. The number of rotatable bonds is 6. The summed E-state index contributed by atoms with van der Waals surface area (Å²) in [7, 11) is 1.53. The summed E-state index contributed by atoms with van der Waals surface area (Å²) in [5.41, 5.74) is 4.44. The fourth-order valence-electron chi connectivity index (χ4n) is 4.41. The highest BCUT2D eigenvalue weighted by atomic mass is 35.5. The first-order valence-electron chi connectivity index (χ1n) is 10.8. The van der Waals surface area contributed by atoms with Gasteiger partial charge in [0.2, 0.25) is 0 Å². The van der Waals surface area contributed by atoms with Crippen LogP contribution >= 0.6 is 12.4 Å². The average Bonchev–Trinajstić information content (AvgIpc) is 3.29. The number of tetrazole rings is 1. The molecule has 0 amide bonds. The van der Waals surface area contributed by atoms with Gasteiger partial charge in [-0.2, -0.15) is 0 Å². The SMILES string of the molecule is COc1cc(C(c2nnnn2Cc2ccc(F)cc2)N2CCc3ccccc3C2)ccc1O.Cl. The number of aromatic hydroxyl groups is 1. The lowest BCUT2D eigenvalue weighted by Crippen LogP contribution is -2.36. The second-order valence-corrected chi connectivity index (χ2v) is 8.14. The maximum atomic E-state index is 13.4. The minimum atomic E-state index is -0.281. The Morgan fingerprint density at radius 2 is 1.82 bits per heavy atom. The van der Waals surface area contributed by atoms with E-state index in [1.54, 1.807) is 22.9 Å². The lowest BCUT2D eigenvalue weighted by atomic mass is 9.95. The van der Waals surface area contributed by atoms with Crippen molar-refractivity contribution < 1.29 is 14.2 Å². The van der Waals surface area contributed by atoms with Crippen molar-refractivity contribution in [2.75, 3.05) is 13.7 Å². The maximum Gasteiger partial charge on any atom is 0.173 e. The van der Waals surface area contributed by atoms with Gasteiger partial charge in [0, 0.05) is 13.1 Å². The molecule has 4 aromatic rings. The van der Waals surface area contributed by atoms with Crippen LogP contribution < -0.4 is 4.74 Å². The molecule has 1 aliphatic rings. The summed E-state index contributed by atoms with van der Waals surface area (Å²) in [5.74, 6) is 0.866. The van der Waals surface area contributed by atoms with E-state index < -0.39 is 0 Å². The molecule has 0 radical (unpaired) electrons. The van der Waals surface area contributed by atoms with Gasteiger partial charge in [-0.15, -0.1) is 17.5 Å². The molecule has 176 valence electrons. The predicted molar refractivity (Wildman–Crippen MR) is 128 cm³/mol. The number of hydrogen-bond acceptors (Lipinski definition) is 6. The number of aromatic nitrogens is 4. The van der Waals surface area contributed by atoms with Gasteiger partial charge >= 0.3 is 0 Å². The van der Waals surface area contributed by atoms with Crippen molar-refractivity contribution in [2.45, 2.75) is 25.6 Å². The molecule has 9 heteroatoms. The lowest BCUT2D eigenvalue weighted by molar-refractivity contribution is 0.194. The third-order valence-electron chi connectivity index (χ3n) is 6.09. The van der Waals surface area contributed by atoms with Crippen LogP contribution in [0.3, 0.4) is 0 Å². The monoisotopic (exact) mass is 481 g/mol. The molecule has 0 fully saturated rings. The molecular formula is C25H25ClFN5O2. The average molecular weight is 482 g/mol. The zero-order chi connectivity index (χ0) is 22.8. The van der Waals surface area contributed by atoms with Gasteiger partial charge in [0.05, 0.1) is 19.7 Å². The highest BCUT2D eigenvalue weighted by Gasteiger charge is 2.31. The number of ether oxygens (including phenoxy) is 1. The van der Waals surface area contributed by atoms with E-state index in [2.05, 4.69) is 44.7 Å². The molecule has 0 aliphatic carbocycles. The normalized spacial score (nSPS) is 14.2. The zero-order valence-electron chi connectivity index (χ0n) is 18.6. The van der Waals surface area contributed by atoms with E-state index in [9.17, 15) is 9.50 Å². The molecule has 5 rings (SSSR count). The molecule has 0 bridgehead atoms. The summed E-state index contributed by atoms with van der Waals surface area (Å²) in [6, 6.07) is 19.9. The molecule has 1 aliphatic heterocycles. The van der Waals surface area contributed by atoms with E-state index in [4.69, 9.17) is 4.74 Å². The quantitative estimate of drug-likeness (QED) is 0.446. The number of nitrogens with zero attached hydrogens (tertiary/aromatic N) is 5. The van der Waals surface area contributed by atoms with Gasteiger partial charge in [0.1, 0.15) is 5.82 Å². The highest BCUT2D eigenvalue weighted by molar-refractivity contribution is 5.85. The summed E-state index contributed by atoms with van der Waals surface area (Å²) in [6.45, 7) is 1.99. The topological polar surface area (TPSA) is 76.3 Å². The van der Waals surface area contributed by atoms with Gasteiger partial charge in [0.25, 0.3) is 0 Å². The van der Waals surface area contributed by atoms with Crippen LogP contribution in [0.1, 0.15) is 34.1 Å². The second kappa shape index (κ2) is 10.2. The number of phenols is 1. The van der Waals surface area contributed by atoms with Crippen molar-refractivity contribution in [1.82, 2.24) is 25.1 Å². The Balaban J connectivity index is 0.00000274. The molecular weight excluding hydrogens is 457 g/mol. The molecule has 1 unspecified atom stereocenters. The Hall–Kier alpha value is -3.49. The highest BCUT2D eigenvalue weighted by Crippen LogP contribution is 2.36. The Morgan fingerprint density at radius 3 is 2.59 bits per heavy atom. The van der Waals surface area contributed by atoms with Gasteiger partial charge in [-0.05, 0) is 63.4 Å². The molecule has 1 aromatic heterocycles. The fraction of sp³-hybridized carbons (Fsp3) is 0.240. The predicted octanol–water partition coefficient (Wildman–Crippen LogP) is 4.14. The van der Waals surface area contributed by atoms with Crippen molar-refractivity contribution in [3.05, 3.63) is 101 Å². The van der Waals surface area contributed by atoms with Crippen LogP contribution in [0, 0.1) is 5.82 Å². The van der Waals surface area contributed by atoms with Crippen LogP contribution in [0.15, 0.2) is 66.7 Å². The van der Waals surface area contributed by atoms with Gasteiger partial charge < -0.3 is 9.84 Å². The van der Waals surface area contributed by atoms with Gasteiger partial charge in [-0.25, -0.2) is 9.07 Å². The first kappa shape index (κ1) is 23.7. The van der Waals surface area contributed by atoms with Gasteiger partial charge in [-0.3, -0.25) is 4.90 Å². The van der Waals surface area contributed by atoms with Crippen LogP contribution in [0.25, 0.3) is 0 Å². The van der Waals surface area contributed by atoms with E-state index in [1.165, 1.54) is 30.4 Å². The van der Waals surface area contributed by atoms with Gasteiger partial charge in [0.15, 0.2) is 17.3 Å². The zero-order valence-corrected chi connectivity index (χ0v) is 19.5. The largest absolute Gasteiger partial charge is 0.504 e. The van der Waals surface area contributed by atoms with Crippen LogP contribution in [0.5, 0.6) is 11.5 Å². The molecule has 34 heavy (non-hydrogen) atoms. The molecule has 2 heterocycles. The first-order valence-corrected chi connectivity index (χ1v) is 10.8. The smallest absolute Gasteiger partial charge is 0.173 e. The number of benzene rings is 3. The Bertz CT molecular complexity index is 1260. The third kappa shape index (κ3) is 4.73. The minimum Gasteiger partial charge on any atom is -0.504 e. The van der Waals surface area contributed by atoms with E-state index in [0.717, 1.165) is 30.6 Å². The summed E-state index contributed by atoms with van der Waals surface area (Å²) < 4.78 is 20.5. The van der Waals surface area contributed by atoms with Crippen LogP contribution in [0.4, 0.5) is 4.39 Å². The minimum absolute atomic E-state index is 0. The second-order valence-electron chi connectivity index (χ2n) is 8.14. The van der Waals surface area contributed by atoms with E-state index >= 15 is 0 Å². The molecule has 1 atom stereocenters. The standard InChI is InChI=1S/C25H24FN5O2.ClH/c1-33-23-14-19(8-11-22(23)32)24(30-13-12-18-4-2-3-5-20(18)16-30)25-27-28-29-31(25)15-17-6-9-21(26)10-7-17;/h2-11,14,24,32H,12-13,15-16H2,1H3;1H.